The fraction of sp³-hybridized carbons (Fsp3) is 0.0769. The molecule has 0 bridgehead atoms. The highest BCUT2D eigenvalue weighted by molar-refractivity contribution is 5.67. The summed E-state index contributed by atoms with van der Waals surface area (Å²) in [4.78, 5) is 0. The minimum Gasteiger partial charge on any atom is -0.206 e. The van der Waals surface area contributed by atoms with Gasteiger partial charge in [-0.3, -0.25) is 0 Å². The molecule has 2 aromatic rings. The molecule has 0 aliphatic rings. The van der Waals surface area contributed by atoms with Crippen LogP contribution in [-0.4, -0.2) is 0 Å². The summed E-state index contributed by atoms with van der Waals surface area (Å²) in [7, 11) is 0. The Morgan fingerprint density at radius 1 is 1.00 bits per heavy atom. The fourth-order valence-electron chi connectivity index (χ4n) is 1.55. The summed E-state index contributed by atoms with van der Waals surface area (Å²) >= 11 is 0. The molecule has 0 saturated carbocycles. The third-order valence-corrected chi connectivity index (χ3v) is 2.30. The molecule has 0 nitrogen and oxygen atoms in total. The van der Waals surface area contributed by atoms with Gasteiger partial charge in [-0.1, -0.05) is 24.3 Å². The molecule has 0 aromatic heterocycles. The molecule has 2 aromatic carbocycles. The Bertz CT molecular complexity index is 469. The molecular weight excluding hydrogens is 194 g/mol. The minimum atomic E-state index is -0.544. The van der Waals surface area contributed by atoms with Gasteiger partial charge in [0.25, 0.3) is 0 Å². The molecule has 0 aliphatic heterocycles. The topological polar surface area (TPSA) is 0 Å². The zero-order chi connectivity index (χ0) is 10.8. The lowest BCUT2D eigenvalue weighted by Crippen LogP contribution is -1.91. The van der Waals surface area contributed by atoms with Gasteiger partial charge in [0.2, 0.25) is 0 Å². The first kappa shape index (κ1) is 9.84. The first-order valence-electron chi connectivity index (χ1n) is 4.62. The quantitative estimate of drug-likeness (QED) is 0.662. The number of hydrogen-bond donors (Lipinski definition) is 0. The van der Waals surface area contributed by atoms with Crippen molar-refractivity contribution in [2.75, 3.05) is 0 Å². The first-order valence-corrected chi connectivity index (χ1v) is 4.62. The summed E-state index contributed by atoms with van der Waals surface area (Å²) in [5.41, 5.74) is 1.31. The van der Waals surface area contributed by atoms with E-state index in [9.17, 15) is 8.78 Å². The Morgan fingerprint density at radius 2 is 1.67 bits per heavy atom. The molecule has 0 fully saturated rings. The zero-order valence-electron chi connectivity index (χ0n) is 8.22. The van der Waals surface area contributed by atoms with Crippen LogP contribution in [0.2, 0.25) is 0 Å². The van der Waals surface area contributed by atoms with E-state index in [4.69, 9.17) is 0 Å². The highest BCUT2D eigenvalue weighted by atomic mass is 19.1. The van der Waals surface area contributed by atoms with Gasteiger partial charge in [-0.2, -0.15) is 0 Å². The first-order chi connectivity index (χ1) is 7.20. The third-order valence-electron chi connectivity index (χ3n) is 2.30. The average Bonchev–Trinajstić information content (AvgIpc) is 2.20. The van der Waals surface area contributed by atoms with Crippen LogP contribution in [0.1, 0.15) is 5.56 Å². The lowest BCUT2D eigenvalue weighted by Gasteiger charge is -2.07. The van der Waals surface area contributed by atoms with Crippen molar-refractivity contribution < 1.29 is 8.78 Å². The maximum absolute atomic E-state index is 13.5. The molecule has 2 rings (SSSR count). The van der Waals surface area contributed by atoms with Crippen molar-refractivity contribution in [1.82, 2.24) is 0 Å². The second kappa shape index (κ2) is 3.81. The highest BCUT2D eigenvalue weighted by Gasteiger charge is 2.11. The Labute approximate surface area is 87.2 Å². The number of benzene rings is 2. The van der Waals surface area contributed by atoms with Crippen LogP contribution in [0, 0.1) is 24.6 Å². The Balaban J connectivity index is 2.69. The molecule has 15 heavy (non-hydrogen) atoms. The SMILES string of the molecule is Cc1[c]cccc1-c1c(F)cccc1F. The van der Waals surface area contributed by atoms with Gasteiger partial charge in [0.1, 0.15) is 11.6 Å². The number of hydrogen-bond acceptors (Lipinski definition) is 0. The van der Waals surface area contributed by atoms with E-state index in [0.29, 0.717) is 5.56 Å². The Hall–Kier alpha value is -1.70. The van der Waals surface area contributed by atoms with Crippen molar-refractivity contribution in [2.45, 2.75) is 6.92 Å². The molecule has 0 unspecified atom stereocenters. The van der Waals surface area contributed by atoms with Gasteiger partial charge >= 0.3 is 0 Å². The van der Waals surface area contributed by atoms with Gasteiger partial charge in [0, 0.05) is 0 Å². The van der Waals surface area contributed by atoms with Crippen molar-refractivity contribution in [3.05, 3.63) is 59.7 Å². The van der Waals surface area contributed by atoms with Crippen LogP contribution in [0.15, 0.2) is 36.4 Å². The predicted molar refractivity (Wildman–Crippen MR) is 55.4 cm³/mol. The Kier molecular flexibility index (Phi) is 2.50. The van der Waals surface area contributed by atoms with E-state index in [1.807, 2.05) is 0 Å². The van der Waals surface area contributed by atoms with E-state index in [1.165, 1.54) is 18.2 Å². The molecule has 0 heterocycles. The zero-order valence-corrected chi connectivity index (χ0v) is 8.22. The average molecular weight is 203 g/mol. The van der Waals surface area contributed by atoms with E-state index in [2.05, 4.69) is 6.07 Å². The third kappa shape index (κ3) is 1.75. The van der Waals surface area contributed by atoms with Gasteiger partial charge in [-0.05, 0) is 36.2 Å². The van der Waals surface area contributed by atoms with E-state index in [0.717, 1.165) is 5.56 Å². The standard InChI is InChI=1S/C13H9F2/c1-9-5-2-3-6-10(9)13-11(14)7-4-8-12(13)15/h2-4,6-8H,1H3. The molecular formula is C13H9F2. The smallest absolute Gasteiger partial charge is 0.133 e. The van der Waals surface area contributed by atoms with Crippen LogP contribution in [0.4, 0.5) is 8.78 Å². The second-order valence-electron chi connectivity index (χ2n) is 3.31. The summed E-state index contributed by atoms with van der Waals surface area (Å²) in [5, 5.41) is 0. The Morgan fingerprint density at radius 3 is 2.27 bits per heavy atom. The molecule has 2 heteroatoms. The molecule has 75 valence electrons. The summed E-state index contributed by atoms with van der Waals surface area (Å²) < 4.78 is 26.9. The van der Waals surface area contributed by atoms with Gasteiger partial charge in [-0.15, -0.1) is 0 Å². The number of halogens is 2. The van der Waals surface area contributed by atoms with Crippen molar-refractivity contribution in [2.24, 2.45) is 0 Å². The minimum absolute atomic E-state index is 0.0202. The van der Waals surface area contributed by atoms with Crippen LogP contribution in [-0.2, 0) is 0 Å². The molecule has 0 atom stereocenters. The number of rotatable bonds is 1. The summed E-state index contributed by atoms with van der Waals surface area (Å²) in [5.74, 6) is -1.09. The van der Waals surface area contributed by atoms with Crippen LogP contribution >= 0.6 is 0 Å². The maximum atomic E-state index is 13.5. The number of aryl methyl sites for hydroxylation is 1. The molecule has 1 radical (unpaired) electrons. The van der Waals surface area contributed by atoms with E-state index >= 15 is 0 Å². The summed E-state index contributed by atoms with van der Waals surface area (Å²) in [6.45, 7) is 1.78. The van der Waals surface area contributed by atoms with E-state index in [-0.39, 0.29) is 5.56 Å². The maximum Gasteiger partial charge on any atom is 0.133 e. The lowest BCUT2D eigenvalue weighted by molar-refractivity contribution is 0.589. The highest BCUT2D eigenvalue weighted by Crippen LogP contribution is 2.27. The fourth-order valence-corrected chi connectivity index (χ4v) is 1.55. The molecule has 0 saturated heterocycles. The second-order valence-corrected chi connectivity index (χ2v) is 3.31. The molecule has 0 spiro atoms. The largest absolute Gasteiger partial charge is 0.206 e. The summed E-state index contributed by atoms with van der Waals surface area (Å²) in [6, 6.07) is 11.9. The van der Waals surface area contributed by atoms with Gasteiger partial charge in [0.15, 0.2) is 0 Å². The van der Waals surface area contributed by atoms with Gasteiger partial charge in [0.05, 0.1) is 5.56 Å². The summed E-state index contributed by atoms with van der Waals surface area (Å²) in [6.07, 6.45) is 0. The van der Waals surface area contributed by atoms with Crippen molar-refractivity contribution in [3.63, 3.8) is 0 Å². The van der Waals surface area contributed by atoms with Crippen LogP contribution in [0.5, 0.6) is 0 Å². The molecule has 0 N–H and O–H groups in total. The van der Waals surface area contributed by atoms with Crippen molar-refractivity contribution in [1.29, 1.82) is 0 Å². The van der Waals surface area contributed by atoms with Crippen molar-refractivity contribution in [3.8, 4) is 11.1 Å². The van der Waals surface area contributed by atoms with Crippen LogP contribution in [0.3, 0.4) is 0 Å². The van der Waals surface area contributed by atoms with Crippen molar-refractivity contribution >= 4 is 0 Å². The van der Waals surface area contributed by atoms with Gasteiger partial charge < -0.3 is 0 Å². The van der Waals surface area contributed by atoms with E-state index in [1.54, 1.807) is 25.1 Å². The predicted octanol–water partition coefficient (Wildman–Crippen LogP) is 3.74. The lowest BCUT2D eigenvalue weighted by atomic mass is 10.00. The monoisotopic (exact) mass is 203 g/mol. The van der Waals surface area contributed by atoms with Crippen LogP contribution in [0.25, 0.3) is 11.1 Å². The molecule has 0 amide bonds. The normalized spacial score (nSPS) is 10.3. The molecule has 0 aliphatic carbocycles. The van der Waals surface area contributed by atoms with E-state index < -0.39 is 11.6 Å². The van der Waals surface area contributed by atoms with Crippen LogP contribution < -0.4 is 0 Å². The van der Waals surface area contributed by atoms with Gasteiger partial charge in [-0.25, -0.2) is 8.78 Å².